The molecule has 1 fully saturated rings. The lowest BCUT2D eigenvalue weighted by molar-refractivity contribution is 0.119. The monoisotopic (exact) mass is 247 g/mol. The Kier molecular flexibility index (Phi) is 6.24. The fraction of sp³-hybridized carbons (Fsp3) is 0.625. The summed E-state index contributed by atoms with van der Waals surface area (Å²) in [5.74, 6) is 0. The van der Waals surface area contributed by atoms with E-state index in [9.17, 15) is 0 Å². The molecular weight excluding hydrogens is 222 g/mol. The summed E-state index contributed by atoms with van der Waals surface area (Å²) in [6, 6.07) is 11.3. The predicted molar refractivity (Wildman–Crippen MR) is 75.8 cm³/mol. The number of benzene rings is 1. The second-order valence-electron chi connectivity index (χ2n) is 5.14. The molecule has 1 aromatic carbocycles. The summed E-state index contributed by atoms with van der Waals surface area (Å²) in [6.07, 6.45) is 7.48. The van der Waals surface area contributed by atoms with Gasteiger partial charge in [0, 0.05) is 19.3 Å². The Morgan fingerprint density at radius 3 is 2.78 bits per heavy atom. The average molecular weight is 247 g/mol. The van der Waals surface area contributed by atoms with Crippen molar-refractivity contribution in [1.29, 1.82) is 0 Å². The zero-order valence-corrected chi connectivity index (χ0v) is 11.2. The molecule has 1 atom stereocenters. The fourth-order valence-electron chi connectivity index (χ4n) is 2.52. The highest BCUT2D eigenvalue weighted by molar-refractivity contribution is 5.14. The van der Waals surface area contributed by atoms with E-state index in [1.165, 1.54) is 37.8 Å². The van der Waals surface area contributed by atoms with Gasteiger partial charge in [0.1, 0.15) is 0 Å². The second-order valence-corrected chi connectivity index (χ2v) is 5.14. The smallest absolute Gasteiger partial charge is 0.0480 e. The van der Waals surface area contributed by atoms with Crippen molar-refractivity contribution in [2.75, 3.05) is 19.8 Å². The predicted octanol–water partition coefficient (Wildman–Crippen LogP) is 3.17. The largest absolute Gasteiger partial charge is 0.381 e. The van der Waals surface area contributed by atoms with Crippen LogP contribution in [0.25, 0.3) is 0 Å². The first-order valence-electron chi connectivity index (χ1n) is 7.30. The summed E-state index contributed by atoms with van der Waals surface area (Å²) in [4.78, 5) is 0. The van der Waals surface area contributed by atoms with Gasteiger partial charge in [-0.1, -0.05) is 36.8 Å². The zero-order chi connectivity index (χ0) is 12.5. The maximum absolute atomic E-state index is 5.72. The van der Waals surface area contributed by atoms with E-state index in [-0.39, 0.29) is 0 Å². The summed E-state index contributed by atoms with van der Waals surface area (Å²) in [5.41, 5.74) is 1.41. The molecule has 1 N–H and O–H groups in total. The van der Waals surface area contributed by atoms with Crippen molar-refractivity contribution >= 4 is 0 Å². The summed E-state index contributed by atoms with van der Waals surface area (Å²) in [5, 5.41) is 3.56. The van der Waals surface area contributed by atoms with Crippen molar-refractivity contribution in [3.05, 3.63) is 35.9 Å². The quantitative estimate of drug-likeness (QED) is 0.747. The first-order valence-corrected chi connectivity index (χ1v) is 7.30. The molecule has 1 heterocycles. The maximum atomic E-state index is 5.72. The number of nitrogens with one attached hydrogen (secondary N) is 1. The third kappa shape index (κ3) is 5.19. The molecule has 0 radical (unpaired) electrons. The number of piperidine rings is 1. The van der Waals surface area contributed by atoms with Gasteiger partial charge in [-0.2, -0.15) is 0 Å². The van der Waals surface area contributed by atoms with Crippen molar-refractivity contribution < 1.29 is 4.74 Å². The minimum Gasteiger partial charge on any atom is -0.381 e. The minimum absolute atomic E-state index is 0.702. The Bertz CT molecular complexity index is 306. The Morgan fingerprint density at radius 1 is 1.11 bits per heavy atom. The first-order chi connectivity index (χ1) is 8.95. The highest BCUT2D eigenvalue weighted by Crippen LogP contribution is 2.10. The topological polar surface area (TPSA) is 21.3 Å². The highest BCUT2D eigenvalue weighted by Gasteiger charge is 2.11. The molecule has 100 valence electrons. The van der Waals surface area contributed by atoms with Crippen LogP contribution in [0.3, 0.4) is 0 Å². The lowest BCUT2D eigenvalue weighted by atomic mass is 10.0. The Balaban J connectivity index is 1.46. The second kappa shape index (κ2) is 8.28. The average Bonchev–Trinajstić information content (AvgIpc) is 2.45. The van der Waals surface area contributed by atoms with E-state index in [1.807, 2.05) is 0 Å². The molecule has 0 spiro atoms. The van der Waals surface area contributed by atoms with Gasteiger partial charge < -0.3 is 10.1 Å². The van der Waals surface area contributed by atoms with Gasteiger partial charge in [-0.05, 0) is 44.2 Å². The highest BCUT2D eigenvalue weighted by atomic mass is 16.5. The van der Waals surface area contributed by atoms with E-state index >= 15 is 0 Å². The van der Waals surface area contributed by atoms with Gasteiger partial charge in [0.15, 0.2) is 0 Å². The Morgan fingerprint density at radius 2 is 2.00 bits per heavy atom. The molecule has 2 heteroatoms. The molecule has 0 aromatic heterocycles. The number of hydrogen-bond acceptors (Lipinski definition) is 2. The van der Waals surface area contributed by atoms with Crippen LogP contribution >= 0.6 is 0 Å². The minimum atomic E-state index is 0.702. The molecule has 1 aliphatic heterocycles. The Hall–Kier alpha value is -0.860. The number of rotatable bonds is 7. The molecule has 0 aliphatic carbocycles. The summed E-state index contributed by atoms with van der Waals surface area (Å²) >= 11 is 0. The van der Waals surface area contributed by atoms with Crippen LogP contribution in [-0.4, -0.2) is 25.8 Å². The summed E-state index contributed by atoms with van der Waals surface area (Å²) in [6.45, 7) is 2.99. The van der Waals surface area contributed by atoms with Gasteiger partial charge in [-0.25, -0.2) is 0 Å². The van der Waals surface area contributed by atoms with E-state index in [4.69, 9.17) is 4.74 Å². The van der Waals surface area contributed by atoms with Crippen molar-refractivity contribution in [1.82, 2.24) is 5.32 Å². The molecule has 1 saturated heterocycles. The number of ether oxygens (including phenoxy) is 1. The molecule has 18 heavy (non-hydrogen) atoms. The van der Waals surface area contributed by atoms with Crippen LogP contribution < -0.4 is 5.32 Å². The molecule has 1 aromatic rings. The van der Waals surface area contributed by atoms with Gasteiger partial charge in [0.2, 0.25) is 0 Å². The SMILES string of the molecule is c1ccc(CCCOCCC2CCCCN2)cc1. The first kappa shape index (κ1) is 13.6. The molecule has 0 amide bonds. The molecule has 1 aliphatic rings. The summed E-state index contributed by atoms with van der Waals surface area (Å²) in [7, 11) is 0. The lowest BCUT2D eigenvalue weighted by Gasteiger charge is -2.23. The van der Waals surface area contributed by atoms with Crippen molar-refractivity contribution in [3.63, 3.8) is 0 Å². The van der Waals surface area contributed by atoms with Crippen LogP contribution in [0.15, 0.2) is 30.3 Å². The van der Waals surface area contributed by atoms with E-state index < -0.39 is 0 Å². The standard InChI is InChI=1S/C16H25NO/c1-2-7-15(8-3-1)9-6-13-18-14-11-16-10-4-5-12-17-16/h1-3,7-8,16-17H,4-6,9-14H2. The molecule has 0 saturated carbocycles. The Labute approximate surface area is 111 Å². The molecule has 1 unspecified atom stereocenters. The normalized spacial score (nSPS) is 19.9. The van der Waals surface area contributed by atoms with Crippen molar-refractivity contribution in [3.8, 4) is 0 Å². The third-order valence-electron chi connectivity index (χ3n) is 3.62. The molecular formula is C16H25NO. The third-order valence-corrected chi connectivity index (χ3v) is 3.62. The van der Waals surface area contributed by atoms with Crippen LogP contribution in [0.1, 0.15) is 37.7 Å². The van der Waals surface area contributed by atoms with Gasteiger partial charge in [-0.3, -0.25) is 0 Å². The van der Waals surface area contributed by atoms with Gasteiger partial charge in [0.05, 0.1) is 0 Å². The lowest BCUT2D eigenvalue weighted by Crippen LogP contribution is -2.34. The van der Waals surface area contributed by atoms with Gasteiger partial charge in [0.25, 0.3) is 0 Å². The van der Waals surface area contributed by atoms with Crippen LogP contribution in [0.5, 0.6) is 0 Å². The zero-order valence-electron chi connectivity index (χ0n) is 11.2. The van der Waals surface area contributed by atoms with E-state index in [0.717, 1.165) is 26.1 Å². The van der Waals surface area contributed by atoms with E-state index in [1.54, 1.807) is 0 Å². The van der Waals surface area contributed by atoms with Crippen LogP contribution in [0, 0.1) is 0 Å². The van der Waals surface area contributed by atoms with Gasteiger partial charge >= 0.3 is 0 Å². The van der Waals surface area contributed by atoms with E-state index in [0.29, 0.717) is 6.04 Å². The van der Waals surface area contributed by atoms with Gasteiger partial charge in [-0.15, -0.1) is 0 Å². The van der Waals surface area contributed by atoms with Crippen LogP contribution in [-0.2, 0) is 11.2 Å². The number of hydrogen-bond donors (Lipinski definition) is 1. The van der Waals surface area contributed by atoms with Crippen molar-refractivity contribution in [2.45, 2.75) is 44.6 Å². The number of aryl methyl sites for hydroxylation is 1. The van der Waals surface area contributed by atoms with Crippen LogP contribution in [0.4, 0.5) is 0 Å². The summed E-state index contributed by atoms with van der Waals surface area (Å²) < 4.78 is 5.72. The van der Waals surface area contributed by atoms with Crippen LogP contribution in [0.2, 0.25) is 0 Å². The molecule has 2 nitrogen and oxygen atoms in total. The molecule has 0 bridgehead atoms. The van der Waals surface area contributed by atoms with Crippen molar-refractivity contribution in [2.24, 2.45) is 0 Å². The molecule has 2 rings (SSSR count). The van der Waals surface area contributed by atoms with E-state index in [2.05, 4.69) is 35.6 Å². The fourth-order valence-corrected chi connectivity index (χ4v) is 2.52. The maximum Gasteiger partial charge on any atom is 0.0480 e.